The quantitative estimate of drug-likeness (QED) is 0.671. The van der Waals surface area contributed by atoms with Crippen LogP contribution < -0.4 is 4.90 Å². The maximum Gasteiger partial charge on any atom is 0.309 e. The first-order valence-electron chi connectivity index (χ1n) is 10.2. The summed E-state index contributed by atoms with van der Waals surface area (Å²) in [6.07, 6.45) is 3.59. The molecule has 1 atom stereocenters. The topological polar surface area (TPSA) is 59.4 Å². The number of ether oxygens (including phenoxy) is 1. The number of hydrogen-bond acceptors (Lipinski definition) is 3. The molecule has 2 aromatic heterocycles. The molecule has 28 heavy (non-hydrogen) atoms. The Balaban J connectivity index is 1.68. The molecule has 0 aliphatic carbocycles. The van der Waals surface area contributed by atoms with Gasteiger partial charge in [-0.2, -0.15) is 0 Å². The van der Waals surface area contributed by atoms with Crippen LogP contribution in [-0.2, 0) is 9.53 Å². The number of nitrogens with zero attached hydrogens (tertiary/aromatic N) is 1. The van der Waals surface area contributed by atoms with E-state index in [4.69, 9.17) is 9.72 Å². The number of para-hydroxylation sites is 1. The summed E-state index contributed by atoms with van der Waals surface area (Å²) in [6.45, 7) is 6.34. The van der Waals surface area contributed by atoms with Crippen LogP contribution in [0.3, 0.4) is 0 Å². The van der Waals surface area contributed by atoms with Crippen molar-refractivity contribution in [3.63, 3.8) is 0 Å². The summed E-state index contributed by atoms with van der Waals surface area (Å²) in [6, 6.07) is 14.8. The molecule has 3 heterocycles. The summed E-state index contributed by atoms with van der Waals surface area (Å²) >= 11 is 0. The van der Waals surface area contributed by atoms with E-state index in [-0.39, 0.29) is 17.9 Å². The molecule has 0 unspecified atom stereocenters. The highest BCUT2D eigenvalue weighted by Crippen LogP contribution is 2.30. The fourth-order valence-corrected chi connectivity index (χ4v) is 4.55. The fourth-order valence-electron chi connectivity index (χ4n) is 4.55. The van der Waals surface area contributed by atoms with Gasteiger partial charge >= 0.3 is 5.97 Å². The number of piperidine rings is 1. The fraction of sp³-hybridized carbons (Fsp3) is 0.391. The monoisotopic (exact) mass is 378 g/mol. The first-order chi connectivity index (χ1) is 13.7. The van der Waals surface area contributed by atoms with Gasteiger partial charge in [0, 0.05) is 41.2 Å². The van der Waals surface area contributed by atoms with E-state index >= 15 is 0 Å². The Morgan fingerprint density at radius 3 is 2.68 bits per heavy atom. The summed E-state index contributed by atoms with van der Waals surface area (Å²) in [7, 11) is 0. The van der Waals surface area contributed by atoms with Crippen LogP contribution in [0.1, 0.15) is 42.8 Å². The van der Waals surface area contributed by atoms with E-state index in [0.717, 1.165) is 37.1 Å². The van der Waals surface area contributed by atoms with Crippen LogP contribution in [0.4, 0.5) is 0 Å². The zero-order valence-electron chi connectivity index (χ0n) is 16.6. The average Bonchev–Trinajstić information content (AvgIpc) is 3.06. The third kappa shape index (κ3) is 3.54. The SMILES string of the molecule is CCOC(=O)C1CC[NH+]([C@@H](c2ccccn2)c2c(C)[nH]c3ccccc23)CC1. The van der Waals surface area contributed by atoms with Crippen LogP contribution in [-0.4, -0.2) is 35.6 Å². The number of likely N-dealkylation sites (tertiary alicyclic amines) is 1. The van der Waals surface area contributed by atoms with E-state index in [1.807, 2.05) is 19.2 Å². The minimum Gasteiger partial charge on any atom is -0.466 e. The van der Waals surface area contributed by atoms with Gasteiger partial charge in [-0.1, -0.05) is 24.3 Å². The van der Waals surface area contributed by atoms with Crippen molar-refractivity contribution in [3.05, 3.63) is 65.6 Å². The Bertz CT molecular complexity index is 943. The zero-order chi connectivity index (χ0) is 19.5. The largest absolute Gasteiger partial charge is 0.466 e. The number of carbonyl (C=O) groups is 1. The Kier molecular flexibility index (Phi) is 5.44. The highest BCUT2D eigenvalue weighted by atomic mass is 16.5. The number of esters is 1. The second-order valence-corrected chi connectivity index (χ2v) is 7.58. The number of hydrogen-bond donors (Lipinski definition) is 2. The van der Waals surface area contributed by atoms with Gasteiger partial charge in [-0.05, 0) is 32.0 Å². The molecule has 146 valence electrons. The Morgan fingerprint density at radius 2 is 1.96 bits per heavy atom. The number of pyridine rings is 1. The van der Waals surface area contributed by atoms with Crippen molar-refractivity contribution in [1.82, 2.24) is 9.97 Å². The average molecular weight is 378 g/mol. The first-order valence-corrected chi connectivity index (χ1v) is 10.2. The van der Waals surface area contributed by atoms with Crippen LogP contribution in [0.15, 0.2) is 48.7 Å². The molecular formula is C23H28N3O2+. The predicted molar refractivity (Wildman–Crippen MR) is 109 cm³/mol. The summed E-state index contributed by atoms with van der Waals surface area (Å²) in [5.41, 5.74) is 4.76. The molecule has 1 fully saturated rings. The number of quaternary nitrogens is 1. The van der Waals surface area contributed by atoms with Gasteiger partial charge in [-0.25, -0.2) is 0 Å². The number of nitrogens with one attached hydrogen (secondary N) is 2. The minimum atomic E-state index is -0.0424. The molecule has 1 saturated heterocycles. The number of fused-ring (bicyclic) bond motifs is 1. The lowest BCUT2D eigenvalue weighted by molar-refractivity contribution is -0.931. The number of aromatic nitrogens is 2. The van der Waals surface area contributed by atoms with Crippen molar-refractivity contribution >= 4 is 16.9 Å². The molecule has 1 aliphatic rings. The van der Waals surface area contributed by atoms with E-state index in [1.54, 1.807) is 0 Å². The van der Waals surface area contributed by atoms with E-state index < -0.39 is 0 Å². The molecule has 3 aromatic rings. The molecule has 1 aliphatic heterocycles. The van der Waals surface area contributed by atoms with Gasteiger partial charge in [0.2, 0.25) is 0 Å². The molecule has 0 saturated carbocycles. The maximum absolute atomic E-state index is 12.2. The summed E-state index contributed by atoms with van der Waals surface area (Å²) in [5, 5.41) is 1.26. The number of aromatic amines is 1. The highest BCUT2D eigenvalue weighted by molar-refractivity contribution is 5.85. The smallest absolute Gasteiger partial charge is 0.309 e. The van der Waals surface area contributed by atoms with Crippen LogP contribution in [0.5, 0.6) is 0 Å². The van der Waals surface area contributed by atoms with Crippen LogP contribution in [0, 0.1) is 12.8 Å². The van der Waals surface area contributed by atoms with Crippen molar-refractivity contribution in [1.29, 1.82) is 0 Å². The third-order valence-corrected chi connectivity index (χ3v) is 5.87. The van der Waals surface area contributed by atoms with Crippen molar-refractivity contribution in [2.24, 2.45) is 5.92 Å². The molecule has 0 amide bonds. The van der Waals surface area contributed by atoms with Crippen molar-refractivity contribution < 1.29 is 14.4 Å². The third-order valence-electron chi connectivity index (χ3n) is 5.87. The molecule has 5 nitrogen and oxygen atoms in total. The van der Waals surface area contributed by atoms with E-state index in [2.05, 4.69) is 48.3 Å². The van der Waals surface area contributed by atoms with Crippen LogP contribution in [0.25, 0.3) is 10.9 Å². The second kappa shape index (κ2) is 8.15. The summed E-state index contributed by atoms with van der Waals surface area (Å²) < 4.78 is 5.25. The molecule has 0 bridgehead atoms. The normalized spacial score (nSPS) is 20.8. The molecule has 4 rings (SSSR count). The molecule has 0 spiro atoms. The summed E-state index contributed by atoms with van der Waals surface area (Å²) in [5.74, 6) is -0.0173. The van der Waals surface area contributed by atoms with Crippen molar-refractivity contribution in [2.75, 3.05) is 19.7 Å². The standard InChI is InChI=1S/C23H27N3O2/c1-3-28-23(27)17-11-14-26(15-12-17)22(20-10-6-7-13-24-20)21-16(2)25-19-9-5-4-8-18(19)21/h4-10,13,17,22,25H,3,11-12,14-15H2,1-2H3/p+1/t22-/m0/s1. The predicted octanol–water partition coefficient (Wildman–Crippen LogP) is 2.82. The van der Waals surface area contributed by atoms with Gasteiger partial charge in [0.15, 0.2) is 6.04 Å². The molecule has 2 N–H and O–H groups in total. The Morgan fingerprint density at radius 1 is 1.21 bits per heavy atom. The number of H-pyrrole nitrogens is 1. The molecule has 0 radical (unpaired) electrons. The summed E-state index contributed by atoms with van der Waals surface area (Å²) in [4.78, 5) is 21.9. The van der Waals surface area contributed by atoms with Crippen molar-refractivity contribution in [2.45, 2.75) is 32.7 Å². The second-order valence-electron chi connectivity index (χ2n) is 7.58. The van der Waals surface area contributed by atoms with Gasteiger partial charge in [0.25, 0.3) is 0 Å². The Hall–Kier alpha value is -2.66. The van der Waals surface area contributed by atoms with Gasteiger partial charge in [-0.3, -0.25) is 9.78 Å². The van der Waals surface area contributed by atoms with Crippen LogP contribution >= 0.6 is 0 Å². The van der Waals surface area contributed by atoms with Gasteiger partial charge in [0.05, 0.1) is 25.6 Å². The Labute approximate surface area is 165 Å². The lowest BCUT2D eigenvalue weighted by atomic mass is 9.92. The minimum absolute atomic E-state index is 0.0251. The van der Waals surface area contributed by atoms with E-state index in [9.17, 15) is 4.79 Å². The van der Waals surface area contributed by atoms with Gasteiger partial charge < -0.3 is 14.6 Å². The molecule has 5 heteroatoms. The highest BCUT2D eigenvalue weighted by Gasteiger charge is 2.36. The number of benzene rings is 1. The van der Waals surface area contributed by atoms with Crippen LogP contribution in [0.2, 0.25) is 0 Å². The lowest BCUT2D eigenvalue weighted by Gasteiger charge is -2.34. The molecule has 1 aromatic carbocycles. The zero-order valence-corrected chi connectivity index (χ0v) is 16.6. The lowest BCUT2D eigenvalue weighted by Crippen LogP contribution is -3.13. The van der Waals surface area contributed by atoms with E-state index in [0.29, 0.717) is 6.61 Å². The van der Waals surface area contributed by atoms with Gasteiger partial charge in [0.1, 0.15) is 5.69 Å². The first kappa shape index (κ1) is 18.7. The maximum atomic E-state index is 12.2. The van der Waals surface area contributed by atoms with E-state index in [1.165, 1.54) is 21.5 Å². The number of aryl methyl sites for hydroxylation is 1. The number of rotatable bonds is 5. The number of carbonyl (C=O) groups excluding carboxylic acids is 1. The van der Waals surface area contributed by atoms with Gasteiger partial charge in [-0.15, -0.1) is 0 Å². The molecular weight excluding hydrogens is 350 g/mol. The van der Waals surface area contributed by atoms with Crippen molar-refractivity contribution in [3.8, 4) is 0 Å².